The molecule has 1 aliphatic rings. The van der Waals surface area contributed by atoms with E-state index in [1.165, 1.54) is 5.56 Å². The number of rotatable bonds is 4. The number of nitrogens with one attached hydrogen (secondary N) is 1. The zero-order chi connectivity index (χ0) is 14.4. The first kappa shape index (κ1) is 14.5. The molecular weight excluding hydrogens is 250 g/mol. The van der Waals surface area contributed by atoms with Crippen LogP contribution in [-0.4, -0.2) is 37.5 Å². The average molecular weight is 271 g/mol. The first-order chi connectivity index (χ1) is 9.74. The van der Waals surface area contributed by atoms with Crippen molar-refractivity contribution in [2.24, 2.45) is 0 Å². The molecule has 1 aromatic rings. The van der Waals surface area contributed by atoms with Gasteiger partial charge in [-0.25, -0.2) is 0 Å². The molecule has 0 bridgehead atoms. The summed E-state index contributed by atoms with van der Waals surface area (Å²) in [5.74, 6) is 0.497. The van der Waals surface area contributed by atoms with Gasteiger partial charge in [0, 0.05) is 25.6 Å². The van der Waals surface area contributed by atoms with Crippen LogP contribution in [0, 0.1) is 11.3 Å². The molecule has 1 fully saturated rings. The van der Waals surface area contributed by atoms with E-state index in [9.17, 15) is 4.79 Å². The van der Waals surface area contributed by atoms with Gasteiger partial charge in [-0.15, -0.1) is 0 Å². The zero-order valence-electron chi connectivity index (χ0n) is 11.9. The second-order valence-electron chi connectivity index (χ2n) is 5.23. The van der Waals surface area contributed by atoms with Crippen molar-refractivity contribution in [3.05, 3.63) is 35.4 Å². The molecule has 0 unspecified atom stereocenters. The Bertz CT molecular complexity index is 499. The number of hydrogen-bond acceptors (Lipinski definition) is 3. The quantitative estimate of drug-likeness (QED) is 0.912. The predicted molar refractivity (Wildman–Crippen MR) is 78.5 cm³/mol. The summed E-state index contributed by atoms with van der Waals surface area (Å²) in [6, 6.07) is 10.1. The van der Waals surface area contributed by atoms with Crippen molar-refractivity contribution in [3.63, 3.8) is 0 Å². The van der Waals surface area contributed by atoms with E-state index in [0.29, 0.717) is 12.3 Å². The molecule has 0 atom stereocenters. The van der Waals surface area contributed by atoms with Crippen LogP contribution in [0.5, 0.6) is 0 Å². The lowest BCUT2D eigenvalue weighted by Crippen LogP contribution is -2.33. The molecule has 1 amide bonds. The number of likely N-dealkylation sites (tertiary alicyclic amines) is 1. The highest BCUT2D eigenvalue weighted by Crippen LogP contribution is 2.28. The highest BCUT2D eigenvalue weighted by atomic mass is 16.1. The third-order valence-electron chi connectivity index (χ3n) is 3.97. The van der Waals surface area contributed by atoms with Gasteiger partial charge in [0.2, 0.25) is 0 Å². The standard InChI is InChI=1S/C16H21N3O/c1-18-16(20)15-5-2-4-14(12-15)13-6-10-19(11-7-13)9-3-8-17/h2,4-5,12-13H,3,6-7,9-11H2,1H3,(H,18,20). The lowest BCUT2D eigenvalue weighted by molar-refractivity contribution is 0.0963. The number of nitrogens with zero attached hydrogens (tertiary/aromatic N) is 2. The molecule has 1 saturated heterocycles. The summed E-state index contributed by atoms with van der Waals surface area (Å²) in [6.45, 7) is 2.95. The molecule has 106 valence electrons. The van der Waals surface area contributed by atoms with Crippen LogP contribution in [0.3, 0.4) is 0 Å². The van der Waals surface area contributed by atoms with Gasteiger partial charge in [0.15, 0.2) is 0 Å². The molecule has 0 aromatic heterocycles. The van der Waals surface area contributed by atoms with E-state index in [2.05, 4.69) is 22.4 Å². The van der Waals surface area contributed by atoms with Crippen molar-refractivity contribution in [2.45, 2.75) is 25.2 Å². The van der Waals surface area contributed by atoms with Gasteiger partial charge in [-0.2, -0.15) is 5.26 Å². The van der Waals surface area contributed by atoms with Crippen LogP contribution in [0.1, 0.15) is 41.1 Å². The Labute approximate surface area is 120 Å². The smallest absolute Gasteiger partial charge is 0.251 e. The molecule has 1 N–H and O–H groups in total. The van der Waals surface area contributed by atoms with Crippen LogP contribution >= 0.6 is 0 Å². The van der Waals surface area contributed by atoms with Crippen molar-refractivity contribution >= 4 is 5.91 Å². The van der Waals surface area contributed by atoms with E-state index in [4.69, 9.17) is 5.26 Å². The van der Waals surface area contributed by atoms with Crippen molar-refractivity contribution in [3.8, 4) is 6.07 Å². The van der Waals surface area contributed by atoms with E-state index in [-0.39, 0.29) is 5.91 Å². The molecular formula is C16H21N3O. The first-order valence-corrected chi connectivity index (χ1v) is 7.16. The molecule has 0 spiro atoms. The molecule has 2 rings (SSSR count). The van der Waals surface area contributed by atoms with Crippen LogP contribution in [-0.2, 0) is 0 Å². The van der Waals surface area contributed by atoms with Crippen LogP contribution in [0.15, 0.2) is 24.3 Å². The summed E-state index contributed by atoms with van der Waals surface area (Å²) in [4.78, 5) is 14.0. The van der Waals surface area contributed by atoms with Gasteiger partial charge >= 0.3 is 0 Å². The summed E-state index contributed by atoms with van der Waals surface area (Å²) in [5.41, 5.74) is 1.99. The first-order valence-electron chi connectivity index (χ1n) is 7.16. The van der Waals surface area contributed by atoms with E-state index in [1.807, 2.05) is 18.2 Å². The van der Waals surface area contributed by atoms with E-state index >= 15 is 0 Å². The normalized spacial score (nSPS) is 16.6. The number of benzene rings is 1. The van der Waals surface area contributed by atoms with Gasteiger partial charge in [0.25, 0.3) is 5.91 Å². The van der Waals surface area contributed by atoms with Crippen LogP contribution in [0.2, 0.25) is 0 Å². The fourth-order valence-electron chi connectivity index (χ4n) is 2.78. The van der Waals surface area contributed by atoms with Crippen molar-refractivity contribution in [1.29, 1.82) is 5.26 Å². The molecule has 4 nitrogen and oxygen atoms in total. The largest absolute Gasteiger partial charge is 0.355 e. The maximum atomic E-state index is 11.7. The van der Waals surface area contributed by atoms with Gasteiger partial charge in [-0.3, -0.25) is 4.79 Å². The summed E-state index contributed by atoms with van der Waals surface area (Å²) in [7, 11) is 1.66. The molecule has 0 aliphatic carbocycles. The Morgan fingerprint density at radius 3 is 2.85 bits per heavy atom. The maximum Gasteiger partial charge on any atom is 0.251 e. The summed E-state index contributed by atoms with van der Waals surface area (Å²) < 4.78 is 0. The van der Waals surface area contributed by atoms with E-state index in [0.717, 1.165) is 38.0 Å². The lowest BCUT2D eigenvalue weighted by Gasteiger charge is -2.31. The van der Waals surface area contributed by atoms with Gasteiger partial charge in [-0.05, 0) is 49.5 Å². The van der Waals surface area contributed by atoms with Gasteiger partial charge in [0.1, 0.15) is 0 Å². The van der Waals surface area contributed by atoms with E-state index in [1.54, 1.807) is 7.05 Å². The fourth-order valence-corrected chi connectivity index (χ4v) is 2.78. The summed E-state index contributed by atoms with van der Waals surface area (Å²) in [5, 5.41) is 11.3. The predicted octanol–water partition coefficient (Wildman–Crippen LogP) is 2.14. The zero-order valence-corrected chi connectivity index (χ0v) is 11.9. The van der Waals surface area contributed by atoms with Crippen molar-refractivity contribution in [2.75, 3.05) is 26.7 Å². The lowest BCUT2D eigenvalue weighted by atomic mass is 9.88. The molecule has 1 aromatic carbocycles. The SMILES string of the molecule is CNC(=O)c1cccc(C2CCN(CCC#N)CC2)c1. The third-order valence-corrected chi connectivity index (χ3v) is 3.97. The van der Waals surface area contributed by atoms with Gasteiger partial charge < -0.3 is 10.2 Å². The Kier molecular flexibility index (Phi) is 5.14. The van der Waals surface area contributed by atoms with Crippen LogP contribution in [0.25, 0.3) is 0 Å². The number of amides is 1. The Morgan fingerprint density at radius 2 is 2.20 bits per heavy atom. The number of piperidine rings is 1. The van der Waals surface area contributed by atoms with Crippen molar-refractivity contribution < 1.29 is 4.79 Å². The van der Waals surface area contributed by atoms with Crippen LogP contribution < -0.4 is 5.32 Å². The second-order valence-corrected chi connectivity index (χ2v) is 5.23. The molecule has 1 aliphatic heterocycles. The minimum atomic E-state index is -0.0293. The second kappa shape index (κ2) is 7.06. The molecule has 0 saturated carbocycles. The van der Waals surface area contributed by atoms with E-state index < -0.39 is 0 Å². The summed E-state index contributed by atoms with van der Waals surface area (Å²) in [6.07, 6.45) is 2.81. The minimum Gasteiger partial charge on any atom is -0.355 e. The molecule has 4 heteroatoms. The highest BCUT2D eigenvalue weighted by molar-refractivity contribution is 5.94. The third kappa shape index (κ3) is 3.58. The Hall–Kier alpha value is -1.86. The highest BCUT2D eigenvalue weighted by Gasteiger charge is 2.20. The fraction of sp³-hybridized carbons (Fsp3) is 0.500. The monoisotopic (exact) mass is 271 g/mol. The number of hydrogen-bond donors (Lipinski definition) is 1. The summed E-state index contributed by atoms with van der Waals surface area (Å²) >= 11 is 0. The van der Waals surface area contributed by atoms with Gasteiger partial charge in [0.05, 0.1) is 6.07 Å². The molecule has 1 heterocycles. The average Bonchev–Trinajstić information content (AvgIpc) is 2.52. The number of carbonyl (C=O) groups excluding carboxylic acids is 1. The molecule has 20 heavy (non-hydrogen) atoms. The Morgan fingerprint density at radius 1 is 1.45 bits per heavy atom. The van der Waals surface area contributed by atoms with Crippen LogP contribution in [0.4, 0.5) is 0 Å². The topological polar surface area (TPSA) is 56.1 Å². The van der Waals surface area contributed by atoms with Crippen molar-refractivity contribution in [1.82, 2.24) is 10.2 Å². The number of carbonyl (C=O) groups is 1. The maximum absolute atomic E-state index is 11.7. The Balaban J connectivity index is 1.97. The minimum absolute atomic E-state index is 0.0293. The number of nitriles is 1. The molecule has 0 radical (unpaired) electrons. The van der Waals surface area contributed by atoms with Gasteiger partial charge in [-0.1, -0.05) is 12.1 Å².